The molecule has 0 aliphatic carbocycles. The largest absolute Gasteiger partial charge is 0.224 e. The standard InChI is InChI=1S/C14H20O2S/c1-4-5-6-12(2)11-13-7-9-14(10-8-13)17(3,15)16/h7-10H,2,4-6,11H2,1,3H3. The summed E-state index contributed by atoms with van der Waals surface area (Å²) >= 11 is 0. The van der Waals surface area contributed by atoms with Crippen LogP contribution in [0.1, 0.15) is 31.7 Å². The molecule has 0 amide bonds. The number of unbranched alkanes of at least 4 members (excludes halogenated alkanes) is 1. The van der Waals surface area contributed by atoms with E-state index in [-0.39, 0.29) is 0 Å². The molecule has 0 bridgehead atoms. The molecule has 0 unspecified atom stereocenters. The topological polar surface area (TPSA) is 34.1 Å². The van der Waals surface area contributed by atoms with Crippen molar-refractivity contribution in [2.24, 2.45) is 0 Å². The summed E-state index contributed by atoms with van der Waals surface area (Å²) in [4.78, 5) is 0.375. The number of allylic oxidation sites excluding steroid dienone is 1. The number of sulfone groups is 1. The molecule has 0 aliphatic heterocycles. The Kier molecular flexibility index (Phi) is 4.94. The van der Waals surface area contributed by atoms with Gasteiger partial charge in [0.2, 0.25) is 0 Å². The van der Waals surface area contributed by atoms with E-state index in [0.717, 1.165) is 18.4 Å². The zero-order valence-electron chi connectivity index (χ0n) is 10.6. The Morgan fingerprint density at radius 3 is 2.29 bits per heavy atom. The maximum Gasteiger partial charge on any atom is 0.175 e. The Morgan fingerprint density at radius 2 is 1.82 bits per heavy atom. The van der Waals surface area contributed by atoms with Gasteiger partial charge >= 0.3 is 0 Å². The van der Waals surface area contributed by atoms with Crippen LogP contribution in [-0.2, 0) is 16.3 Å². The van der Waals surface area contributed by atoms with E-state index in [2.05, 4.69) is 13.5 Å². The van der Waals surface area contributed by atoms with Gasteiger partial charge in [-0.1, -0.05) is 37.6 Å². The highest BCUT2D eigenvalue weighted by Gasteiger charge is 2.06. The number of rotatable bonds is 6. The maximum atomic E-state index is 11.3. The summed E-state index contributed by atoms with van der Waals surface area (Å²) in [5, 5.41) is 0. The van der Waals surface area contributed by atoms with Crippen molar-refractivity contribution in [1.29, 1.82) is 0 Å². The second-order valence-electron chi connectivity index (χ2n) is 4.45. The monoisotopic (exact) mass is 252 g/mol. The van der Waals surface area contributed by atoms with Gasteiger partial charge < -0.3 is 0 Å². The van der Waals surface area contributed by atoms with Crippen molar-refractivity contribution >= 4 is 9.84 Å². The van der Waals surface area contributed by atoms with Gasteiger partial charge in [0.25, 0.3) is 0 Å². The van der Waals surface area contributed by atoms with Gasteiger partial charge in [0.1, 0.15) is 0 Å². The molecule has 0 atom stereocenters. The van der Waals surface area contributed by atoms with Gasteiger partial charge in [0.15, 0.2) is 9.84 Å². The summed E-state index contributed by atoms with van der Waals surface area (Å²) in [6, 6.07) is 7.07. The van der Waals surface area contributed by atoms with Crippen molar-refractivity contribution in [3.8, 4) is 0 Å². The summed E-state index contributed by atoms with van der Waals surface area (Å²) in [6.45, 7) is 6.20. The summed E-state index contributed by atoms with van der Waals surface area (Å²) in [5.41, 5.74) is 2.33. The first kappa shape index (κ1) is 14.0. The normalized spacial score (nSPS) is 11.4. The summed E-state index contributed by atoms with van der Waals surface area (Å²) in [7, 11) is -3.08. The van der Waals surface area contributed by atoms with E-state index in [4.69, 9.17) is 0 Å². The number of benzene rings is 1. The van der Waals surface area contributed by atoms with Crippen molar-refractivity contribution < 1.29 is 8.42 Å². The summed E-state index contributed by atoms with van der Waals surface area (Å²) < 4.78 is 22.6. The van der Waals surface area contributed by atoms with E-state index >= 15 is 0 Å². The SMILES string of the molecule is C=C(CCCC)Cc1ccc(S(C)(=O)=O)cc1. The molecule has 17 heavy (non-hydrogen) atoms. The van der Waals surface area contributed by atoms with Gasteiger partial charge in [-0.15, -0.1) is 0 Å². The first-order valence-corrected chi connectivity index (χ1v) is 7.78. The average molecular weight is 252 g/mol. The maximum absolute atomic E-state index is 11.3. The van der Waals surface area contributed by atoms with Crippen molar-refractivity contribution in [1.82, 2.24) is 0 Å². The molecule has 2 nitrogen and oxygen atoms in total. The highest BCUT2D eigenvalue weighted by molar-refractivity contribution is 7.90. The molecule has 1 aromatic carbocycles. The van der Waals surface area contributed by atoms with Crippen molar-refractivity contribution in [3.63, 3.8) is 0 Å². The molecule has 0 saturated heterocycles. The predicted octanol–water partition coefficient (Wildman–Crippen LogP) is 3.38. The average Bonchev–Trinajstić information content (AvgIpc) is 2.26. The van der Waals surface area contributed by atoms with Gasteiger partial charge in [-0.2, -0.15) is 0 Å². The van der Waals surface area contributed by atoms with Crippen LogP contribution in [0.2, 0.25) is 0 Å². The van der Waals surface area contributed by atoms with Crippen LogP contribution in [-0.4, -0.2) is 14.7 Å². The fourth-order valence-corrected chi connectivity index (χ4v) is 2.29. The summed E-state index contributed by atoms with van der Waals surface area (Å²) in [6.07, 6.45) is 5.45. The molecular formula is C14H20O2S. The van der Waals surface area contributed by atoms with Crippen molar-refractivity contribution in [2.45, 2.75) is 37.5 Å². The molecule has 0 spiro atoms. The lowest BCUT2D eigenvalue weighted by Crippen LogP contribution is -1.97. The fraction of sp³-hybridized carbons (Fsp3) is 0.429. The van der Waals surface area contributed by atoms with E-state index in [1.54, 1.807) is 12.1 Å². The Morgan fingerprint density at radius 1 is 1.24 bits per heavy atom. The molecule has 0 radical (unpaired) electrons. The van der Waals surface area contributed by atoms with Crippen LogP contribution in [0, 0.1) is 0 Å². The quantitative estimate of drug-likeness (QED) is 0.727. The third-order valence-electron chi connectivity index (χ3n) is 2.69. The van der Waals surface area contributed by atoms with Gasteiger partial charge in [-0.05, 0) is 37.0 Å². The number of hydrogen-bond donors (Lipinski definition) is 0. The second-order valence-corrected chi connectivity index (χ2v) is 6.46. The Bertz CT molecular complexity index is 469. The van der Waals surface area contributed by atoms with Crippen LogP contribution in [0.4, 0.5) is 0 Å². The highest BCUT2D eigenvalue weighted by atomic mass is 32.2. The lowest BCUT2D eigenvalue weighted by molar-refractivity contribution is 0.602. The van der Waals surface area contributed by atoms with E-state index in [1.165, 1.54) is 24.7 Å². The molecule has 0 saturated carbocycles. The number of hydrogen-bond acceptors (Lipinski definition) is 2. The fourth-order valence-electron chi connectivity index (χ4n) is 1.66. The Labute approximate surface area is 104 Å². The molecule has 0 aliphatic rings. The van der Waals surface area contributed by atoms with E-state index in [1.807, 2.05) is 12.1 Å². The molecule has 0 fully saturated rings. The van der Waals surface area contributed by atoms with Crippen molar-refractivity contribution in [2.75, 3.05) is 6.26 Å². The minimum absolute atomic E-state index is 0.375. The van der Waals surface area contributed by atoms with Gasteiger partial charge in [-0.3, -0.25) is 0 Å². The third kappa shape index (κ3) is 4.73. The molecule has 1 aromatic rings. The lowest BCUT2D eigenvalue weighted by atomic mass is 10.0. The molecule has 0 aromatic heterocycles. The zero-order chi connectivity index (χ0) is 12.9. The smallest absolute Gasteiger partial charge is 0.175 e. The van der Waals surface area contributed by atoms with E-state index in [0.29, 0.717) is 4.90 Å². The van der Waals surface area contributed by atoms with Crippen LogP contribution in [0.5, 0.6) is 0 Å². The van der Waals surface area contributed by atoms with Crippen LogP contribution in [0.3, 0.4) is 0 Å². The van der Waals surface area contributed by atoms with E-state index in [9.17, 15) is 8.42 Å². The zero-order valence-corrected chi connectivity index (χ0v) is 11.4. The van der Waals surface area contributed by atoms with Gasteiger partial charge in [0, 0.05) is 6.26 Å². The predicted molar refractivity (Wildman–Crippen MR) is 71.9 cm³/mol. The molecular weight excluding hydrogens is 232 g/mol. The van der Waals surface area contributed by atoms with E-state index < -0.39 is 9.84 Å². The Hall–Kier alpha value is -1.09. The molecule has 1 rings (SSSR count). The van der Waals surface area contributed by atoms with Gasteiger partial charge in [0.05, 0.1) is 4.90 Å². The summed E-state index contributed by atoms with van der Waals surface area (Å²) in [5.74, 6) is 0. The van der Waals surface area contributed by atoms with Crippen molar-refractivity contribution in [3.05, 3.63) is 42.0 Å². The first-order valence-electron chi connectivity index (χ1n) is 5.89. The minimum atomic E-state index is -3.08. The van der Waals surface area contributed by atoms with Crippen LogP contribution < -0.4 is 0 Å². The minimum Gasteiger partial charge on any atom is -0.224 e. The molecule has 94 valence electrons. The molecule has 0 heterocycles. The molecule has 0 N–H and O–H groups in total. The molecule has 3 heteroatoms. The Balaban J connectivity index is 2.66. The lowest BCUT2D eigenvalue weighted by Gasteiger charge is -2.06. The first-order chi connectivity index (χ1) is 7.93. The van der Waals surface area contributed by atoms with Crippen LogP contribution >= 0.6 is 0 Å². The van der Waals surface area contributed by atoms with Crippen LogP contribution in [0.15, 0.2) is 41.3 Å². The highest BCUT2D eigenvalue weighted by Crippen LogP contribution is 2.15. The van der Waals surface area contributed by atoms with Gasteiger partial charge in [-0.25, -0.2) is 8.42 Å². The third-order valence-corrected chi connectivity index (χ3v) is 3.82. The second kappa shape index (κ2) is 6.01. The van der Waals surface area contributed by atoms with Crippen LogP contribution in [0.25, 0.3) is 0 Å².